The highest BCUT2D eigenvalue weighted by Gasteiger charge is 1.97. The fourth-order valence-electron chi connectivity index (χ4n) is 0.998. The molecule has 74 valence electrons. The molecule has 0 fully saturated rings. The fraction of sp³-hybridized carbons (Fsp3) is 0.100. The molecule has 5 heteroatoms. The van der Waals surface area contributed by atoms with E-state index in [-0.39, 0.29) is 0 Å². The lowest BCUT2D eigenvalue weighted by Crippen LogP contribution is -1.79. The van der Waals surface area contributed by atoms with E-state index in [9.17, 15) is 0 Å². The van der Waals surface area contributed by atoms with Crippen LogP contribution in [0.15, 0.2) is 29.4 Å². The lowest BCUT2D eigenvalue weighted by molar-refractivity contribution is 1.22. The van der Waals surface area contributed by atoms with Crippen molar-refractivity contribution < 1.29 is 0 Å². The van der Waals surface area contributed by atoms with Crippen molar-refractivity contribution >= 4 is 17.7 Å². The van der Waals surface area contributed by atoms with Crippen molar-refractivity contribution in [3.63, 3.8) is 0 Å². The molecule has 0 heterocycles. The molecule has 1 rings (SSSR count). The number of benzene rings is 1. The number of halogens is 1. The summed E-state index contributed by atoms with van der Waals surface area (Å²) in [6.45, 7) is 0.300. The van der Waals surface area contributed by atoms with Crippen molar-refractivity contribution in [3.8, 4) is 6.07 Å². The van der Waals surface area contributed by atoms with Crippen molar-refractivity contribution in [2.45, 2.75) is 0 Å². The smallest absolute Gasteiger partial charge is 0.101 e. The molecular weight excluding hydrogens is 212 g/mol. The Morgan fingerprint density at radius 1 is 1.60 bits per heavy atom. The zero-order chi connectivity index (χ0) is 11.1. The largest absolute Gasteiger partial charge is 0.192 e. The Morgan fingerprint density at radius 2 is 2.40 bits per heavy atom. The van der Waals surface area contributed by atoms with Gasteiger partial charge in [-0.25, -0.2) is 0 Å². The second-order valence-corrected chi connectivity index (χ2v) is 3.07. The molecule has 15 heavy (non-hydrogen) atoms. The van der Waals surface area contributed by atoms with Gasteiger partial charge in [-0.1, -0.05) is 34.9 Å². The lowest BCUT2D eigenvalue weighted by atomic mass is 10.1. The number of azide groups is 1. The van der Waals surface area contributed by atoms with Crippen LogP contribution in [0, 0.1) is 11.3 Å². The third-order valence-corrected chi connectivity index (χ3v) is 1.99. The van der Waals surface area contributed by atoms with E-state index in [1.165, 1.54) is 0 Å². The molecule has 0 unspecified atom stereocenters. The number of rotatable bonds is 3. The summed E-state index contributed by atoms with van der Waals surface area (Å²) in [7, 11) is 0. The highest BCUT2D eigenvalue weighted by Crippen LogP contribution is 2.17. The Morgan fingerprint density at radius 3 is 3.00 bits per heavy atom. The predicted molar refractivity (Wildman–Crippen MR) is 59.2 cm³/mol. The van der Waals surface area contributed by atoms with Gasteiger partial charge in [0.25, 0.3) is 0 Å². The molecule has 0 saturated heterocycles. The predicted octanol–water partition coefficient (Wildman–Crippen LogP) is 3.54. The molecule has 0 radical (unpaired) electrons. The maximum absolute atomic E-state index is 8.65. The monoisotopic (exact) mass is 218 g/mol. The quantitative estimate of drug-likeness (QED) is 0.434. The Balaban J connectivity index is 2.80. The third-order valence-electron chi connectivity index (χ3n) is 1.67. The Labute approximate surface area is 92.0 Å². The van der Waals surface area contributed by atoms with E-state index in [2.05, 4.69) is 10.0 Å². The molecule has 0 saturated carbocycles. The van der Waals surface area contributed by atoms with Crippen LogP contribution in [-0.4, -0.2) is 6.54 Å². The lowest BCUT2D eigenvalue weighted by Gasteiger charge is -1.96. The van der Waals surface area contributed by atoms with E-state index in [1.54, 1.807) is 30.4 Å². The molecule has 4 nitrogen and oxygen atoms in total. The first-order valence-corrected chi connectivity index (χ1v) is 4.53. The SMILES string of the molecule is N#Cc1ccc(C=CCN=[N+]=[N-])cc1Cl. The highest BCUT2D eigenvalue weighted by atomic mass is 35.5. The summed E-state index contributed by atoms with van der Waals surface area (Å²) in [6, 6.07) is 7.09. The maximum atomic E-state index is 8.65. The summed E-state index contributed by atoms with van der Waals surface area (Å²) in [6.07, 6.45) is 3.50. The van der Waals surface area contributed by atoms with Gasteiger partial charge >= 0.3 is 0 Å². The van der Waals surface area contributed by atoms with E-state index in [1.807, 2.05) is 6.07 Å². The summed E-state index contributed by atoms with van der Waals surface area (Å²) in [5.74, 6) is 0. The van der Waals surface area contributed by atoms with Gasteiger partial charge in [0.2, 0.25) is 0 Å². The van der Waals surface area contributed by atoms with E-state index < -0.39 is 0 Å². The molecule has 0 aliphatic rings. The number of hydrogen-bond donors (Lipinski definition) is 0. The van der Waals surface area contributed by atoms with Crippen LogP contribution in [0.3, 0.4) is 0 Å². The minimum absolute atomic E-state index is 0.300. The molecule has 0 atom stereocenters. The summed E-state index contributed by atoms with van der Waals surface area (Å²) < 4.78 is 0. The van der Waals surface area contributed by atoms with Crippen LogP contribution in [0.1, 0.15) is 11.1 Å². The van der Waals surface area contributed by atoms with Gasteiger partial charge in [-0.15, -0.1) is 0 Å². The molecule has 0 N–H and O–H groups in total. The van der Waals surface area contributed by atoms with Crippen LogP contribution < -0.4 is 0 Å². The van der Waals surface area contributed by atoms with Gasteiger partial charge < -0.3 is 0 Å². The third kappa shape index (κ3) is 3.35. The van der Waals surface area contributed by atoms with Crippen molar-refractivity contribution in [1.82, 2.24) is 0 Å². The second-order valence-electron chi connectivity index (χ2n) is 2.67. The van der Waals surface area contributed by atoms with Crippen molar-refractivity contribution in [1.29, 1.82) is 5.26 Å². The van der Waals surface area contributed by atoms with Gasteiger partial charge in [0.15, 0.2) is 0 Å². The first-order valence-electron chi connectivity index (χ1n) is 4.15. The standard InChI is InChI=1S/C10H7ClN4/c11-10-6-8(2-1-5-14-15-13)3-4-9(10)7-12/h1-4,6H,5H2. The van der Waals surface area contributed by atoms with Gasteiger partial charge in [0.05, 0.1) is 10.6 Å². The van der Waals surface area contributed by atoms with Gasteiger partial charge in [-0.2, -0.15) is 5.26 Å². The molecular formula is C10H7ClN4. The Bertz CT molecular complexity index is 467. The van der Waals surface area contributed by atoms with E-state index >= 15 is 0 Å². The molecule has 0 spiro atoms. The average molecular weight is 219 g/mol. The topological polar surface area (TPSA) is 72.5 Å². The van der Waals surface area contributed by atoms with Gasteiger partial charge in [-0.05, 0) is 23.2 Å². The number of nitriles is 1. The Hall–Kier alpha value is -1.95. The Kier molecular flexibility index (Phi) is 4.24. The summed E-state index contributed by atoms with van der Waals surface area (Å²) >= 11 is 5.83. The van der Waals surface area contributed by atoms with Crippen LogP contribution in [0.4, 0.5) is 0 Å². The van der Waals surface area contributed by atoms with Crippen LogP contribution in [0.2, 0.25) is 5.02 Å². The summed E-state index contributed by atoms with van der Waals surface area (Å²) in [5.41, 5.74) is 9.36. The second kappa shape index (κ2) is 5.71. The van der Waals surface area contributed by atoms with Gasteiger partial charge in [0.1, 0.15) is 6.07 Å². The van der Waals surface area contributed by atoms with Crippen molar-refractivity contribution in [3.05, 3.63) is 50.9 Å². The number of hydrogen-bond acceptors (Lipinski definition) is 2. The van der Waals surface area contributed by atoms with E-state index in [4.69, 9.17) is 22.4 Å². The normalized spacial score (nSPS) is 9.60. The first kappa shape index (κ1) is 11.1. The first-order chi connectivity index (χ1) is 7.27. The van der Waals surface area contributed by atoms with Gasteiger partial charge in [-0.3, -0.25) is 0 Å². The zero-order valence-corrected chi connectivity index (χ0v) is 8.52. The number of nitrogens with zero attached hydrogens (tertiary/aromatic N) is 4. The van der Waals surface area contributed by atoms with Crippen LogP contribution >= 0.6 is 11.6 Å². The maximum Gasteiger partial charge on any atom is 0.101 e. The highest BCUT2D eigenvalue weighted by molar-refractivity contribution is 6.31. The minimum Gasteiger partial charge on any atom is -0.192 e. The molecule has 0 aromatic heterocycles. The fourth-order valence-corrected chi connectivity index (χ4v) is 1.23. The van der Waals surface area contributed by atoms with Crippen molar-refractivity contribution in [2.24, 2.45) is 5.11 Å². The molecule has 0 aliphatic heterocycles. The van der Waals surface area contributed by atoms with Crippen LogP contribution in [0.25, 0.3) is 16.5 Å². The zero-order valence-electron chi connectivity index (χ0n) is 7.76. The molecule has 1 aromatic rings. The minimum atomic E-state index is 0.300. The summed E-state index contributed by atoms with van der Waals surface area (Å²) in [5, 5.41) is 12.4. The average Bonchev–Trinajstić information content (AvgIpc) is 2.25. The summed E-state index contributed by atoms with van der Waals surface area (Å²) in [4.78, 5) is 2.62. The molecule has 1 aromatic carbocycles. The van der Waals surface area contributed by atoms with Crippen LogP contribution in [0.5, 0.6) is 0 Å². The van der Waals surface area contributed by atoms with Crippen molar-refractivity contribution in [2.75, 3.05) is 6.54 Å². The van der Waals surface area contributed by atoms with Gasteiger partial charge in [0, 0.05) is 11.5 Å². The van der Waals surface area contributed by atoms with E-state index in [0.29, 0.717) is 17.1 Å². The molecule has 0 aliphatic carbocycles. The molecule has 0 bridgehead atoms. The molecule has 0 amide bonds. The van der Waals surface area contributed by atoms with Crippen LogP contribution in [-0.2, 0) is 0 Å². The van der Waals surface area contributed by atoms with E-state index in [0.717, 1.165) is 5.56 Å².